The minimum atomic E-state index is -0.193. The second-order valence-electron chi connectivity index (χ2n) is 6.36. The third-order valence-corrected chi connectivity index (χ3v) is 5.29. The van der Waals surface area contributed by atoms with Crippen LogP contribution in [0.3, 0.4) is 0 Å². The van der Waals surface area contributed by atoms with E-state index < -0.39 is 0 Å². The fourth-order valence-corrected chi connectivity index (χ4v) is 3.81. The Morgan fingerprint density at radius 2 is 1.66 bits per heavy atom. The van der Waals surface area contributed by atoms with E-state index in [9.17, 15) is 4.79 Å². The van der Waals surface area contributed by atoms with E-state index >= 15 is 0 Å². The summed E-state index contributed by atoms with van der Waals surface area (Å²) in [6.45, 7) is 2.41. The number of anilines is 1. The lowest BCUT2D eigenvalue weighted by Gasteiger charge is -2.10. The monoisotopic (exact) mass is 400 g/mol. The normalized spacial score (nSPS) is 10.5. The molecule has 0 bridgehead atoms. The van der Waals surface area contributed by atoms with Crippen LogP contribution in [0.4, 0.5) is 5.69 Å². The van der Waals surface area contributed by atoms with Crippen LogP contribution in [0.1, 0.15) is 17.3 Å². The lowest BCUT2D eigenvalue weighted by molar-refractivity contribution is 0.102. The van der Waals surface area contributed by atoms with Crippen LogP contribution in [0.5, 0.6) is 5.75 Å². The van der Waals surface area contributed by atoms with Crippen LogP contribution < -0.4 is 10.1 Å². The number of benzene rings is 3. The van der Waals surface area contributed by atoms with Crippen LogP contribution >= 0.6 is 11.3 Å². The highest BCUT2D eigenvalue weighted by molar-refractivity contribution is 7.13. The first-order valence-corrected chi connectivity index (χ1v) is 10.3. The first-order valence-electron chi connectivity index (χ1n) is 9.39. The highest BCUT2D eigenvalue weighted by atomic mass is 32.1. The van der Waals surface area contributed by atoms with Gasteiger partial charge in [-0.1, -0.05) is 54.6 Å². The zero-order valence-electron chi connectivity index (χ0n) is 16.0. The highest BCUT2D eigenvalue weighted by Gasteiger charge is 2.12. The smallest absolute Gasteiger partial charge is 0.259 e. The van der Waals surface area contributed by atoms with Crippen molar-refractivity contribution in [3.05, 3.63) is 89.8 Å². The van der Waals surface area contributed by atoms with Gasteiger partial charge in [0.15, 0.2) is 0 Å². The molecule has 29 heavy (non-hydrogen) atoms. The summed E-state index contributed by atoms with van der Waals surface area (Å²) >= 11 is 1.62. The van der Waals surface area contributed by atoms with Crippen molar-refractivity contribution in [2.24, 2.45) is 0 Å². The van der Waals surface area contributed by atoms with Crippen LogP contribution in [0, 0.1) is 0 Å². The predicted molar refractivity (Wildman–Crippen MR) is 119 cm³/mol. The SMILES string of the molecule is CCOc1ccccc1C(=O)Nc1ccc(-c2csc(-c3ccccc3)n2)cc1. The predicted octanol–water partition coefficient (Wildman–Crippen LogP) is 6.13. The summed E-state index contributed by atoms with van der Waals surface area (Å²) in [5.74, 6) is 0.391. The topological polar surface area (TPSA) is 51.2 Å². The maximum absolute atomic E-state index is 12.6. The molecule has 0 radical (unpaired) electrons. The van der Waals surface area contributed by atoms with Crippen LogP contribution in [0.25, 0.3) is 21.8 Å². The fraction of sp³-hybridized carbons (Fsp3) is 0.0833. The molecule has 0 aliphatic rings. The zero-order chi connectivity index (χ0) is 20.1. The Morgan fingerprint density at radius 1 is 0.931 bits per heavy atom. The molecule has 0 aliphatic heterocycles. The van der Waals surface area contributed by atoms with Crippen molar-refractivity contribution in [1.82, 2.24) is 4.98 Å². The minimum absolute atomic E-state index is 0.193. The average Bonchev–Trinajstić information content (AvgIpc) is 3.26. The summed E-state index contributed by atoms with van der Waals surface area (Å²) in [4.78, 5) is 17.4. The number of rotatable bonds is 6. The van der Waals surface area contributed by atoms with E-state index in [1.54, 1.807) is 23.5 Å². The second kappa shape index (κ2) is 8.71. The van der Waals surface area contributed by atoms with Crippen molar-refractivity contribution in [3.63, 3.8) is 0 Å². The van der Waals surface area contributed by atoms with Crippen LogP contribution in [-0.4, -0.2) is 17.5 Å². The van der Waals surface area contributed by atoms with Gasteiger partial charge in [-0.15, -0.1) is 11.3 Å². The summed E-state index contributed by atoms with van der Waals surface area (Å²) in [7, 11) is 0. The number of carbonyl (C=O) groups excluding carboxylic acids is 1. The molecule has 0 fully saturated rings. The number of amides is 1. The second-order valence-corrected chi connectivity index (χ2v) is 7.22. The number of aromatic nitrogens is 1. The summed E-state index contributed by atoms with van der Waals surface area (Å²) in [5, 5.41) is 5.97. The number of ether oxygens (including phenoxy) is 1. The average molecular weight is 401 g/mol. The molecule has 0 aliphatic carbocycles. The van der Waals surface area contributed by atoms with Gasteiger partial charge in [0, 0.05) is 22.2 Å². The molecule has 0 saturated carbocycles. The molecule has 0 unspecified atom stereocenters. The molecule has 3 aromatic carbocycles. The van der Waals surface area contributed by atoms with Crippen molar-refractivity contribution in [1.29, 1.82) is 0 Å². The molecular formula is C24H20N2O2S. The number of hydrogen-bond donors (Lipinski definition) is 1. The molecule has 0 spiro atoms. The van der Waals surface area contributed by atoms with E-state index in [2.05, 4.69) is 17.4 Å². The van der Waals surface area contributed by atoms with Crippen molar-refractivity contribution in [3.8, 4) is 27.6 Å². The van der Waals surface area contributed by atoms with E-state index in [0.717, 1.165) is 27.5 Å². The minimum Gasteiger partial charge on any atom is -0.493 e. The quantitative estimate of drug-likeness (QED) is 0.424. The van der Waals surface area contributed by atoms with Gasteiger partial charge in [-0.25, -0.2) is 4.98 Å². The molecule has 1 aromatic heterocycles. The van der Waals surface area contributed by atoms with E-state index in [0.29, 0.717) is 17.9 Å². The zero-order valence-corrected chi connectivity index (χ0v) is 16.8. The number of carbonyl (C=O) groups is 1. The molecule has 1 N–H and O–H groups in total. The summed E-state index contributed by atoms with van der Waals surface area (Å²) < 4.78 is 5.54. The first kappa shape index (κ1) is 18.9. The van der Waals surface area contributed by atoms with Gasteiger partial charge in [0.2, 0.25) is 0 Å². The molecule has 5 heteroatoms. The van der Waals surface area contributed by atoms with Crippen molar-refractivity contribution < 1.29 is 9.53 Å². The van der Waals surface area contributed by atoms with Gasteiger partial charge >= 0.3 is 0 Å². The first-order chi connectivity index (χ1) is 14.2. The van der Waals surface area contributed by atoms with E-state index in [-0.39, 0.29) is 5.91 Å². The van der Waals surface area contributed by atoms with E-state index in [1.165, 1.54) is 0 Å². The molecule has 1 heterocycles. The molecule has 4 nitrogen and oxygen atoms in total. The number of hydrogen-bond acceptors (Lipinski definition) is 4. The Balaban J connectivity index is 1.49. The van der Waals surface area contributed by atoms with Gasteiger partial charge in [0.1, 0.15) is 10.8 Å². The molecule has 1 amide bonds. The van der Waals surface area contributed by atoms with Gasteiger partial charge in [-0.3, -0.25) is 4.79 Å². The van der Waals surface area contributed by atoms with Gasteiger partial charge in [-0.2, -0.15) is 0 Å². The lowest BCUT2D eigenvalue weighted by Crippen LogP contribution is -2.13. The molecule has 4 rings (SSSR count). The molecule has 0 atom stereocenters. The maximum Gasteiger partial charge on any atom is 0.259 e. The fourth-order valence-electron chi connectivity index (χ4n) is 2.98. The standard InChI is InChI=1S/C24H20N2O2S/c1-2-28-22-11-7-6-10-20(22)23(27)25-19-14-12-17(13-15-19)21-16-29-24(26-21)18-8-4-3-5-9-18/h3-16H,2H2,1H3,(H,25,27). The number of thiazole rings is 1. The Labute approximate surface area is 173 Å². The Bertz CT molecular complexity index is 1110. The third-order valence-electron chi connectivity index (χ3n) is 4.39. The lowest BCUT2D eigenvalue weighted by atomic mass is 10.1. The van der Waals surface area contributed by atoms with Crippen molar-refractivity contribution >= 4 is 22.9 Å². The molecule has 144 valence electrons. The van der Waals surface area contributed by atoms with Gasteiger partial charge in [0.25, 0.3) is 5.91 Å². The van der Waals surface area contributed by atoms with Gasteiger partial charge in [0.05, 0.1) is 17.9 Å². The Hall–Kier alpha value is -3.44. The third kappa shape index (κ3) is 4.36. The van der Waals surface area contributed by atoms with E-state index in [4.69, 9.17) is 9.72 Å². The maximum atomic E-state index is 12.6. The van der Waals surface area contributed by atoms with Crippen LogP contribution in [-0.2, 0) is 0 Å². The molecule has 4 aromatic rings. The Morgan fingerprint density at radius 3 is 2.41 bits per heavy atom. The number of para-hydroxylation sites is 1. The summed E-state index contributed by atoms with van der Waals surface area (Å²) in [5.41, 5.74) is 4.29. The molecule has 0 saturated heterocycles. The van der Waals surface area contributed by atoms with Crippen molar-refractivity contribution in [2.45, 2.75) is 6.92 Å². The number of nitrogens with one attached hydrogen (secondary N) is 1. The number of nitrogens with zero attached hydrogens (tertiary/aromatic N) is 1. The summed E-state index contributed by atoms with van der Waals surface area (Å²) in [6, 6.07) is 25.1. The van der Waals surface area contributed by atoms with Gasteiger partial charge in [-0.05, 0) is 31.2 Å². The summed E-state index contributed by atoms with van der Waals surface area (Å²) in [6.07, 6.45) is 0. The largest absolute Gasteiger partial charge is 0.493 e. The highest BCUT2D eigenvalue weighted by Crippen LogP contribution is 2.29. The van der Waals surface area contributed by atoms with Crippen molar-refractivity contribution in [2.75, 3.05) is 11.9 Å². The van der Waals surface area contributed by atoms with Crippen LogP contribution in [0.2, 0.25) is 0 Å². The van der Waals surface area contributed by atoms with Crippen LogP contribution in [0.15, 0.2) is 84.2 Å². The van der Waals surface area contributed by atoms with Gasteiger partial charge < -0.3 is 10.1 Å². The van der Waals surface area contributed by atoms with E-state index in [1.807, 2.05) is 66.9 Å². The molecular weight excluding hydrogens is 380 g/mol. The Kier molecular flexibility index (Phi) is 5.68.